The Kier molecular flexibility index (Phi) is 9.60. The molecule has 0 aliphatic heterocycles. The van der Waals surface area contributed by atoms with E-state index in [1.165, 1.54) is 57.8 Å². The van der Waals surface area contributed by atoms with Crippen LogP contribution in [-0.2, 0) is 0 Å². The average molecular weight is 307 g/mol. The van der Waals surface area contributed by atoms with Gasteiger partial charge in [0.15, 0.2) is 0 Å². The molecule has 2 N–H and O–H groups in total. The molecule has 0 aromatic carbocycles. The van der Waals surface area contributed by atoms with Crippen LogP contribution in [0, 0.1) is 0 Å². The van der Waals surface area contributed by atoms with Crippen molar-refractivity contribution in [3.05, 3.63) is 22.7 Å². The summed E-state index contributed by atoms with van der Waals surface area (Å²) < 4.78 is 1.79. The lowest BCUT2D eigenvalue weighted by atomic mass is 10.0. The Balaban J connectivity index is 2.58. The van der Waals surface area contributed by atoms with Crippen molar-refractivity contribution in [1.29, 1.82) is 0 Å². The van der Waals surface area contributed by atoms with Crippen LogP contribution in [0.5, 0.6) is 0 Å². The Bertz CT molecular complexity index is 456. The van der Waals surface area contributed by atoms with Gasteiger partial charge < -0.3 is 5.73 Å². The van der Waals surface area contributed by atoms with Gasteiger partial charge in [-0.15, -0.1) is 0 Å². The molecule has 126 valence electrons. The second kappa shape index (κ2) is 11.3. The highest BCUT2D eigenvalue weighted by Crippen LogP contribution is 2.22. The molecule has 0 fully saturated rings. The number of unbranched alkanes of at least 4 members (excludes halogenated alkanes) is 7. The van der Waals surface area contributed by atoms with Gasteiger partial charge in [-0.3, -0.25) is 4.57 Å². The van der Waals surface area contributed by atoms with E-state index in [0.717, 1.165) is 12.8 Å². The minimum Gasteiger partial charge on any atom is -0.383 e. The molecular weight excluding hydrogens is 274 g/mol. The molecule has 0 bridgehead atoms. The summed E-state index contributed by atoms with van der Waals surface area (Å²) in [5, 5.41) is 0. The van der Waals surface area contributed by atoms with Gasteiger partial charge in [-0.1, -0.05) is 71.6 Å². The fraction of sp³-hybridized carbons (Fsp3) is 0.778. The highest BCUT2D eigenvalue weighted by atomic mass is 16.1. The van der Waals surface area contributed by atoms with Crippen LogP contribution in [0.2, 0.25) is 0 Å². The summed E-state index contributed by atoms with van der Waals surface area (Å²) in [6, 6.07) is 2.01. The van der Waals surface area contributed by atoms with Crippen LogP contribution < -0.4 is 11.4 Å². The van der Waals surface area contributed by atoms with Gasteiger partial charge in [0.1, 0.15) is 5.82 Å². The zero-order chi connectivity index (χ0) is 16.2. The zero-order valence-corrected chi connectivity index (χ0v) is 14.4. The van der Waals surface area contributed by atoms with E-state index in [1.54, 1.807) is 10.6 Å². The Morgan fingerprint density at radius 1 is 1.00 bits per heavy atom. The Hall–Kier alpha value is -1.32. The molecule has 1 heterocycles. The minimum atomic E-state index is -0.200. The van der Waals surface area contributed by atoms with Crippen molar-refractivity contribution >= 4 is 5.82 Å². The van der Waals surface area contributed by atoms with E-state index < -0.39 is 0 Å². The largest absolute Gasteiger partial charge is 0.383 e. The number of aromatic nitrogens is 2. The molecule has 1 unspecified atom stereocenters. The van der Waals surface area contributed by atoms with Crippen LogP contribution in [0.4, 0.5) is 5.82 Å². The van der Waals surface area contributed by atoms with E-state index in [9.17, 15) is 4.79 Å². The molecule has 0 aliphatic carbocycles. The van der Waals surface area contributed by atoms with Crippen LogP contribution in [-0.4, -0.2) is 9.55 Å². The molecule has 0 aliphatic rings. The maximum atomic E-state index is 12.1. The number of anilines is 1. The predicted octanol–water partition coefficient (Wildman–Crippen LogP) is 4.70. The fourth-order valence-electron chi connectivity index (χ4n) is 2.92. The fourth-order valence-corrected chi connectivity index (χ4v) is 2.92. The average Bonchev–Trinajstić information content (AvgIpc) is 2.50. The molecule has 0 saturated heterocycles. The summed E-state index contributed by atoms with van der Waals surface area (Å²) in [5.74, 6) is 0.314. The van der Waals surface area contributed by atoms with Crippen molar-refractivity contribution < 1.29 is 0 Å². The second-order valence-corrected chi connectivity index (χ2v) is 6.25. The first-order valence-corrected chi connectivity index (χ1v) is 9.03. The second-order valence-electron chi connectivity index (χ2n) is 6.25. The minimum absolute atomic E-state index is 0.200. The summed E-state index contributed by atoms with van der Waals surface area (Å²) in [4.78, 5) is 16.0. The predicted molar refractivity (Wildman–Crippen MR) is 94.1 cm³/mol. The lowest BCUT2D eigenvalue weighted by molar-refractivity contribution is 0.383. The van der Waals surface area contributed by atoms with Crippen molar-refractivity contribution in [2.24, 2.45) is 0 Å². The quantitative estimate of drug-likeness (QED) is 0.569. The van der Waals surface area contributed by atoms with Gasteiger partial charge in [0.2, 0.25) is 0 Å². The van der Waals surface area contributed by atoms with Crippen LogP contribution >= 0.6 is 0 Å². The van der Waals surface area contributed by atoms with Gasteiger partial charge in [0.05, 0.1) is 0 Å². The summed E-state index contributed by atoms with van der Waals surface area (Å²) in [6.07, 6.45) is 15.2. The van der Waals surface area contributed by atoms with E-state index in [0.29, 0.717) is 5.82 Å². The third-order valence-corrected chi connectivity index (χ3v) is 4.28. The van der Waals surface area contributed by atoms with Gasteiger partial charge in [0.25, 0.3) is 0 Å². The van der Waals surface area contributed by atoms with Gasteiger partial charge in [-0.25, -0.2) is 4.79 Å². The molecule has 1 aromatic rings. The number of nitrogens with zero attached hydrogens (tertiary/aromatic N) is 2. The van der Waals surface area contributed by atoms with E-state index >= 15 is 0 Å². The molecule has 1 atom stereocenters. The van der Waals surface area contributed by atoms with E-state index in [2.05, 4.69) is 18.8 Å². The van der Waals surface area contributed by atoms with E-state index in [-0.39, 0.29) is 11.7 Å². The van der Waals surface area contributed by atoms with E-state index in [4.69, 9.17) is 5.73 Å². The Labute approximate surface area is 135 Å². The number of nitrogen functional groups attached to an aromatic ring is 1. The first kappa shape index (κ1) is 18.7. The van der Waals surface area contributed by atoms with Crippen molar-refractivity contribution in [2.45, 2.75) is 90.5 Å². The maximum absolute atomic E-state index is 12.1. The van der Waals surface area contributed by atoms with Crippen LogP contribution in [0.25, 0.3) is 0 Å². The SMILES string of the molecule is CCCCCCCC(CCCCCC)n1ccc(N)nc1=O. The highest BCUT2D eigenvalue weighted by molar-refractivity contribution is 5.23. The topological polar surface area (TPSA) is 60.9 Å². The number of nitrogens with two attached hydrogens (primary N) is 1. The van der Waals surface area contributed by atoms with Gasteiger partial charge >= 0.3 is 5.69 Å². The van der Waals surface area contributed by atoms with Crippen molar-refractivity contribution in [2.75, 3.05) is 5.73 Å². The van der Waals surface area contributed by atoms with E-state index in [1.807, 2.05) is 6.20 Å². The summed E-state index contributed by atoms with van der Waals surface area (Å²) in [7, 11) is 0. The van der Waals surface area contributed by atoms with Gasteiger partial charge in [0, 0.05) is 12.2 Å². The molecule has 22 heavy (non-hydrogen) atoms. The maximum Gasteiger partial charge on any atom is 0.349 e. The Morgan fingerprint density at radius 2 is 1.55 bits per heavy atom. The molecular formula is C18H33N3O. The van der Waals surface area contributed by atoms with Gasteiger partial charge in [-0.05, 0) is 18.9 Å². The first-order chi connectivity index (χ1) is 10.7. The molecule has 0 amide bonds. The summed E-state index contributed by atoms with van der Waals surface area (Å²) in [5.41, 5.74) is 5.40. The van der Waals surface area contributed by atoms with Crippen molar-refractivity contribution in [3.8, 4) is 0 Å². The molecule has 0 saturated carbocycles. The Morgan fingerprint density at radius 3 is 2.09 bits per heavy atom. The molecule has 4 nitrogen and oxygen atoms in total. The lowest BCUT2D eigenvalue weighted by Gasteiger charge is -2.19. The van der Waals surface area contributed by atoms with Gasteiger partial charge in [-0.2, -0.15) is 4.98 Å². The summed E-state index contributed by atoms with van der Waals surface area (Å²) in [6.45, 7) is 4.45. The van der Waals surface area contributed by atoms with Crippen molar-refractivity contribution in [1.82, 2.24) is 9.55 Å². The standard InChI is InChI=1S/C18H33N3O/c1-3-5-7-9-11-13-16(12-10-8-6-4-2)21-15-14-17(19)20-18(21)22/h14-16H,3-13H2,1-2H3,(H2,19,20,22). The van der Waals surface area contributed by atoms with Crippen LogP contribution in [0.15, 0.2) is 17.1 Å². The summed E-state index contributed by atoms with van der Waals surface area (Å²) >= 11 is 0. The molecule has 4 heteroatoms. The lowest BCUT2D eigenvalue weighted by Crippen LogP contribution is -2.27. The monoisotopic (exact) mass is 307 g/mol. The smallest absolute Gasteiger partial charge is 0.349 e. The third kappa shape index (κ3) is 7.10. The first-order valence-electron chi connectivity index (χ1n) is 9.03. The third-order valence-electron chi connectivity index (χ3n) is 4.28. The number of hydrogen-bond acceptors (Lipinski definition) is 3. The van der Waals surface area contributed by atoms with Crippen LogP contribution in [0.1, 0.15) is 90.5 Å². The number of rotatable bonds is 12. The molecule has 0 radical (unpaired) electrons. The highest BCUT2D eigenvalue weighted by Gasteiger charge is 2.12. The molecule has 1 aromatic heterocycles. The normalized spacial score (nSPS) is 12.5. The zero-order valence-electron chi connectivity index (χ0n) is 14.4. The number of hydrogen-bond donors (Lipinski definition) is 1. The van der Waals surface area contributed by atoms with Crippen molar-refractivity contribution in [3.63, 3.8) is 0 Å². The molecule has 1 rings (SSSR count). The molecule has 0 spiro atoms. The van der Waals surface area contributed by atoms with Crippen LogP contribution in [0.3, 0.4) is 0 Å².